The van der Waals surface area contributed by atoms with E-state index < -0.39 is 22.2 Å². The molecule has 3 fully saturated rings. The molecule has 4 aliphatic rings. The Bertz CT molecular complexity index is 699. The highest BCUT2D eigenvalue weighted by atomic mass is 16.5. The number of hydrogen-bond donors (Lipinski definition) is 2. The van der Waals surface area contributed by atoms with Crippen molar-refractivity contribution < 1.29 is 24.5 Å². The number of aliphatic carboxylic acids is 1. The van der Waals surface area contributed by atoms with Gasteiger partial charge in [0.2, 0.25) is 0 Å². The zero-order chi connectivity index (χ0) is 20.3. The van der Waals surface area contributed by atoms with Crippen molar-refractivity contribution in [1.82, 2.24) is 0 Å². The highest BCUT2D eigenvalue weighted by Crippen LogP contribution is 2.82. The standard InChI is InChI=1S/C23H34O5/c1-14(2)19-9-16-10-21(12-25)18-6-5-15(3)17(18)11-22(16,13-28-8-4-7-24)23(19,21)20(26)27/h9,12,14-18,24H,4-8,10-11,13H2,1-3H3,(H,26,27). The molecule has 4 aliphatic carbocycles. The summed E-state index contributed by atoms with van der Waals surface area (Å²) in [5, 5.41) is 19.9. The Morgan fingerprint density at radius 1 is 1.36 bits per heavy atom. The van der Waals surface area contributed by atoms with Crippen molar-refractivity contribution in [2.45, 2.75) is 52.9 Å². The molecule has 3 saturated carbocycles. The van der Waals surface area contributed by atoms with Crippen LogP contribution in [0.25, 0.3) is 0 Å². The molecular weight excluding hydrogens is 356 g/mol. The second-order valence-electron chi connectivity index (χ2n) is 10.1. The van der Waals surface area contributed by atoms with E-state index in [1.165, 1.54) is 0 Å². The zero-order valence-electron chi connectivity index (χ0n) is 17.3. The summed E-state index contributed by atoms with van der Waals surface area (Å²) >= 11 is 0. The van der Waals surface area contributed by atoms with Crippen molar-refractivity contribution in [2.75, 3.05) is 19.8 Å². The molecule has 0 amide bonds. The van der Waals surface area contributed by atoms with Gasteiger partial charge in [0.15, 0.2) is 0 Å². The minimum atomic E-state index is -1.15. The van der Waals surface area contributed by atoms with E-state index >= 15 is 0 Å². The minimum absolute atomic E-state index is 0.0655. The maximum absolute atomic E-state index is 13.1. The van der Waals surface area contributed by atoms with Crippen LogP contribution in [0.5, 0.6) is 0 Å². The number of carboxylic acid groups (broad SMARTS) is 1. The van der Waals surface area contributed by atoms with Gasteiger partial charge in [0.25, 0.3) is 0 Å². The summed E-state index contributed by atoms with van der Waals surface area (Å²) in [6.07, 6.45) is 7.31. The summed E-state index contributed by atoms with van der Waals surface area (Å²) in [5.41, 5.74) is -1.56. The van der Waals surface area contributed by atoms with Crippen LogP contribution in [0.3, 0.4) is 0 Å². The second kappa shape index (κ2) is 6.66. The van der Waals surface area contributed by atoms with Crippen molar-refractivity contribution in [3.8, 4) is 0 Å². The van der Waals surface area contributed by atoms with E-state index in [2.05, 4.69) is 26.8 Å². The molecule has 156 valence electrons. The number of allylic oxidation sites excluding steroid dienone is 1. The molecule has 4 rings (SSSR count). The van der Waals surface area contributed by atoms with Crippen LogP contribution in [-0.2, 0) is 14.3 Å². The van der Waals surface area contributed by atoms with Crippen LogP contribution in [0.4, 0.5) is 0 Å². The Balaban J connectivity index is 1.88. The molecule has 0 aromatic heterocycles. The number of aldehydes is 1. The Kier molecular flexibility index (Phi) is 4.78. The van der Waals surface area contributed by atoms with Crippen molar-refractivity contribution >= 4 is 12.3 Å². The van der Waals surface area contributed by atoms with Gasteiger partial charge in [0, 0.05) is 18.6 Å². The molecular formula is C23H34O5. The quantitative estimate of drug-likeness (QED) is 0.377. The van der Waals surface area contributed by atoms with Gasteiger partial charge in [0.05, 0.1) is 12.0 Å². The number of hydrogen-bond acceptors (Lipinski definition) is 4. The van der Waals surface area contributed by atoms with Gasteiger partial charge in [-0.05, 0) is 55.3 Å². The molecule has 0 saturated heterocycles. The van der Waals surface area contributed by atoms with Gasteiger partial charge in [-0.15, -0.1) is 0 Å². The molecule has 0 spiro atoms. The average molecular weight is 391 g/mol. The van der Waals surface area contributed by atoms with Gasteiger partial charge in [-0.3, -0.25) is 4.79 Å². The monoisotopic (exact) mass is 390 g/mol. The van der Waals surface area contributed by atoms with Crippen LogP contribution in [0.1, 0.15) is 52.9 Å². The fourth-order valence-electron chi connectivity index (χ4n) is 8.06. The van der Waals surface area contributed by atoms with Crippen molar-refractivity contribution in [2.24, 2.45) is 45.8 Å². The first-order chi connectivity index (χ1) is 13.3. The Morgan fingerprint density at radius 2 is 2.11 bits per heavy atom. The number of rotatable bonds is 8. The van der Waals surface area contributed by atoms with Crippen molar-refractivity contribution in [3.05, 3.63) is 11.6 Å². The van der Waals surface area contributed by atoms with E-state index in [1.807, 2.05) is 0 Å². The normalized spacial score (nSPS) is 46.0. The predicted molar refractivity (Wildman–Crippen MR) is 105 cm³/mol. The molecule has 7 atom stereocenters. The lowest BCUT2D eigenvalue weighted by molar-refractivity contribution is -0.186. The number of carboxylic acids is 1. The van der Waals surface area contributed by atoms with E-state index in [0.717, 1.165) is 31.1 Å². The number of aliphatic hydroxyl groups excluding tert-OH is 1. The van der Waals surface area contributed by atoms with Crippen LogP contribution in [-0.4, -0.2) is 42.3 Å². The van der Waals surface area contributed by atoms with E-state index in [-0.39, 0.29) is 24.4 Å². The zero-order valence-corrected chi connectivity index (χ0v) is 17.3. The number of carbonyl (C=O) groups excluding carboxylic acids is 1. The van der Waals surface area contributed by atoms with Crippen LogP contribution < -0.4 is 0 Å². The third-order valence-corrected chi connectivity index (χ3v) is 8.93. The van der Waals surface area contributed by atoms with Gasteiger partial charge in [0.1, 0.15) is 11.7 Å². The maximum Gasteiger partial charge on any atom is 0.315 e. The summed E-state index contributed by atoms with van der Waals surface area (Å²) in [6, 6.07) is 0. The topological polar surface area (TPSA) is 83.8 Å². The number of fused-ring (bicyclic) bond motifs is 2. The number of aliphatic hydroxyl groups is 1. The summed E-state index contributed by atoms with van der Waals surface area (Å²) < 4.78 is 6.02. The SMILES string of the molecule is CC(C)C1=CC2CC3(C=O)C4CCC(C)C4CC2(COCCCO)C13C(=O)O. The van der Waals surface area contributed by atoms with E-state index in [9.17, 15) is 14.7 Å². The Morgan fingerprint density at radius 3 is 2.71 bits per heavy atom. The molecule has 7 unspecified atom stereocenters. The number of ether oxygens (including phenoxy) is 1. The fourth-order valence-corrected chi connectivity index (χ4v) is 8.06. The third-order valence-electron chi connectivity index (χ3n) is 8.93. The lowest BCUT2D eigenvalue weighted by atomic mass is 9.43. The summed E-state index contributed by atoms with van der Waals surface area (Å²) in [7, 11) is 0. The summed E-state index contributed by atoms with van der Waals surface area (Å²) in [5.74, 6) is 0.416. The van der Waals surface area contributed by atoms with Crippen LogP contribution in [0.15, 0.2) is 11.6 Å². The third kappa shape index (κ3) is 2.10. The summed E-state index contributed by atoms with van der Waals surface area (Å²) in [6.45, 7) is 7.23. The Hall–Kier alpha value is -1.20. The highest BCUT2D eigenvalue weighted by Gasteiger charge is 2.84. The molecule has 0 aromatic carbocycles. The van der Waals surface area contributed by atoms with Gasteiger partial charge in [-0.2, -0.15) is 0 Å². The van der Waals surface area contributed by atoms with Crippen LogP contribution in [0, 0.1) is 45.8 Å². The first kappa shape index (κ1) is 20.1. The highest BCUT2D eigenvalue weighted by molar-refractivity contribution is 5.90. The van der Waals surface area contributed by atoms with Crippen molar-refractivity contribution in [1.29, 1.82) is 0 Å². The molecule has 0 aromatic rings. The van der Waals surface area contributed by atoms with Crippen LogP contribution >= 0.6 is 0 Å². The molecule has 0 radical (unpaired) electrons. The minimum Gasteiger partial charge on any atom is -0.481 e. The Labute approximate surface area is 167 Å². The molecule has 28 heavy (non-hydrogen) atoms. The molecule has 2 N–H and O–H groups in total. The summed E-state index contributed by atoms with van der Waals surface area (Å²) in [4.78, 5) is 26.0. The smallest absolute Gasteiger partial charge is 0.315 e. The van der Waals surface area contributed by atoms with Crippen LogP contribution in [0.2, 0.25) is 0 Å². The van der Waals surface area contributed by atoms with E-state index in [0.29, 0.717) is 37.9 Å². The lowest BCUT2D eigenvalue weighted by Crippen LogP contribution is -2.63. The molecule has 5 heteroatoms. The number of carbonyl (C=O) groups is 2. The molecule has 0 aliphatic heterocycles. The van der Waals surface area contributed by atoms with Gasteiger partial charge in [-0.25, -0.2) is 0 Å². The predicted octanol–water partition coefficient (Wildman–Crippen LogP) is 3.31. The average Bonchev–Trinajstić information content (AvgIpc) is 3.22. The maximum atomic E-state index is 13.1. The molecule has 4 bridgehead atoms. The van der Waals surface area contributed by atoms with Gasteiger partial charge in [-0.1, -0.05) is 38.8 Å². The van der Waals surface area contributed by atoms with Gasteiger partial charge >= 0.3 is 5.97 Å². The van der Waals surface area contributed by atoms with E-state index in [1.54, 1.807) is 0 Å². The largest absolute Gasteiger partial charge is 0.481 e. The first-order valence-electron chi connectivity index (χ1n) is 10.9. The van der Waals surface area contributed by atoms with E-state index in [4.69, 9.17) is 9.84 Å². The molecule has 5 nitrogen and oxygen atoms in total. The molecule has 0 heterocycles. The fraction of sp³-hybridized carbons (Fsp3) is 0.826. The van der Waals surface area contributed by atoms with Gasteiger partial charge < -0.3 is 19.7 Å². The second-order valence-corrected chi connectivity index (χ2v) is 10.1. The van der Waals surface area contributed by atoms with Crippen molar-refractivity contribution in [3.63, 3.8) is 0 Å². The first-order valence-corrected chi connectivity index (χ1v) is 10.9. The lowest BCUT2D eigenvalue weighted by Gasteiger charge is -2.58.